The van der Waals surface area contributed by atoms with Gasteiger partial charge in [-0.25, -0.2) is 9.78 Å². The molecule has 0 radical (unpaired) electrons. The van der Waals surface area contributed by atoms with Crippen LogP contribution in [0.1, 0.15) is 25.6 Å². The molecule has 0 saturated heterocycles. The Kier molecular flexibility index (Phi) is 5.84. The summed E-state index contributed by atoms with van der Waals surface area (Å²) in [5, 5.41) is 14.1. The zero-order valence-electron chi connectivity index (χ0n) is 11.2. The first kappa shape index (κ1) is 15.0. The average molecular weight is 268 g/mol. The van der Waals surface area contributed by atoms with Crippen LogP contribution in [-0.2, 0) is 18.4 Å². The van der Waals surface area contributed by atoms with Crippen LogP contribution < -0.4 is 10.6 Å². The fourth-order valence-corrected chi connectivity index (χ4v) is 1.52. The third-order valence-electron chi connectivity index (χ3n) is 2.85. The van der Waals surface area contributed by atoms with E-state index in [0.717, 1.165) is 5.82 Å². The lowest BCUT2D eigenvalue weighted by Crippen LogP contribution is -2.36. The summed E-state index contributed by atoms with van der Waals surface area (Å²) in [5.74, 6) is -0.411. The molecule has 1 unspecified atom stereocenters. The highest BCUT2D eigenvalue weighted by Crippen LogP contribution is 2.04. The van der Waals surface area contributed by atoms with E-state index < -0.39 is 5.97 Å². The molecule has 0 saturated carbocycles. The molecule has 7 nitrogen and oxygen atoms in total. The molecule has 7 heteroatoms. The lowest BCUT2D eigenvalue weighted by atomic mass is 10.1. The molecule has 0 aliphatic rings. The van der Waals surface area contributed by atoms with Crippen LogP contribution in [0.2, 0.25) is 0 Å². The molecule has 1 aromatic rings. The smallest absolute Gasteiger partial charge is 0.315 e. The van der Waals surface area contributed by atoms with E-state index in [2.05, 4.69) is 15.6 Å². The van der Waals surface area contributed by atoms with Crippen molar-refractivity contribution in [1.82, 2.24) is 20.2 Å². The van der Waals surface area contributed by atoms with Crippen LogP contribution in [0.25, 0.3) is 0 Å². The number of carboxylic acids is 1. The van der Waals surface area contributed by atoms with E-state index in [1.807, 2.05) is 17.8 Å². The van der Waals surface area contributed by atoms with Gasteiger partial charge in [-0.2, -0.15) is 0 Å². The van der Waals surface area contributed by atoms with Crippen LogP contribution in [0.4, 0.5) is 4.79 Å². The molecule has 106 valence electrons. The van der Waals surface area contributed by atoms with Gasteiger partial charge in [0.05, 0.1) is 12.5 Å². The molecule has 3 N–H and O–H groups in total. The van der Waals surface area contributed by atoms with Gasteiger partial charge >= 0.3 is 12.0 Å². The highest BCUT2D eigenvalue weighted by Gasteiger charge is 2.10. The van der Waals surface area contributed by atoms with Gasteiger partial charge in [0, 0.05) is 26.0 Å². The van der Waals surface area contributed by atoms with Crippen molar-refractivity contribution in [2.75, 3.05) is 6.54 Å². The van der Waals surface area contributed by atoms with Crippen molar-refractivity contribution in [2.45, 2.75) is 26.3 Å². The Hall–Kier alpha value is -2.05. The second kappa shape index (κ2) is 7.40. The number of aromatic nitrogens is 2. The van der Waals surface area contributed by atoms with Gasteiger partial charge < -0.3 is 20.3 Å². The normalized spacial score (nSPS) is 11.9. The molecule has 0 fully saturated rings. The second-order valence-corrected chi connectivity index (χ2v) is 4.45. The molecule has 0 bridgehead atoms. The number of rotatable bonds is 7. The first-order chi connectivity index (χ1) is 9.00. The maximum atomic E-state index is 11.5. The van der Waals surface area contributed by atoms with Crippen LogP contribution >= 0.6 is 0 Å². The maximum Gasteiger partial charge on any atom is 0.315 e. The Morgan fingerprint density at radius 2 is 2.21 bits per heavy atom. The van der Waals surface area contributed by atoms with E-state index >= 15 is 0 Å². The number of imidazole rings is 1. The summed E-state index contributed by atoms with van der Waals surface area (Å²) in [5.41, 5.74) is 0. The molecule has 0 spiro atoms. The van der Waals surface area contributed by atoms with Gasteiger partial charge in [0.2, 0.25) is 0 Å². The largest absolute Gasteiger partial charge is 0.481 e. The Morgan fingerprint density at radius 3 is 2.79 bits per heavy atom. The summed E-state index contributed by atoms with van der Waals surface area (Å²) < 4.78 is 1.83. The molecular formula is C12H20N4O3. The zero-order valence-corrected chi connectivity index (χ0v) is 11.2. The maximum absolute atomic E-state index is 11.5. The summed E-state index contributed by atoms with van der Waals surface area (Å²) >= 11 is 0. The fraction of sp³-hybridized carbons (Fsp3) is 0.583. The molecule has 0 aromatic carbocycles. The van der Waals surface area contributed by atoms with Crippen LogP contribution in [0, 0.1) is 5.92 Å². The Balaban J connectivity index is 2.12. The Bertz CT molecular complexity index is 430. The first-order valence-corrected chi connectivity index (χ1v) is 6.21. The van der Waals surface area contributed by atoms with Crippen molar-refractivity contribution in [3.63, 3.8) is 0 Å². The van der Waals surface area contributed by atoms with Gasteiger partial charge in [0.1, 0.15) is 5.82 Å². The Labute approximate surface area is 112 Å². The first-order valence-electron chi connectivity index (χ1n) is 6.21. The number of hydrogen-bond donors (Lipinski definition) is 3. The second-order valence-electron chi connectivity index (χ2n) is 4.45. The predicted octanol–water partition coefficient (Wildman–Crippen LogP) is 0.720. The lowest BCUT2D eigenvalue weighted by Gasteiger charge is -2.09. The number of carbonyl (C=O) groups excluding carboxylic acids is 1. The third-order valence-corrected chi connectivity index (χ3v) is 2.85. The molecular weight excluding hydrogens is 248 g/mol. The van der Waals surface area contributed by atoms with Crippen LogP contribution in [0.5, 0.6) is 0 Å². The molecule has 1 aromatic heterocycles. The number of nitrogens with one attached hydrogen (secondary N) is 2. The molecule has 0 aliphatic carbocycles. The van der Waals surface area contributed by atoms with Crippen molar-refractivity contribution in [1.29, 1.82) is 0 Å². The summed E-state index contributed by atoms with van der Waals surface area (Å²) in [4.78, 5) is 26.1. The van der Waals surface area contributed by atoms with Gasteiger partial charge in [0.15, 0.2) is 0 Å². The fourth-order valence-electron chi connectivity index (χ4n) is 1.52. The molecule has 1 atom stereocenters. The number of carboxylic acid groups (broad SMARTS) is 1. The van der Waals surface area contributed by atoms with E-state index in [-0.39, 0.29) is 11.9 Å². The summed E-state index contributed by atoms with van der Waals surface area (Å²) in [7, 11) is 1.86. The van der Waals surface area contributed by atoms with E-state index in [0.29, 0.717) is 25.9 Å². The number of urea groups is 1. The number of amides is 2. The topological polar surface area (TPSA) is 96.3 Å². The molecule has 1 rings (SSSR count). The van der Waals surface area contributed by atoms with Gasteiger partial charge in [-0.15, -0.1) is 0 Å². The van der Waals surface area contributed by atoms with E-state index in [1.165, 1.54) is 0 Å². The number of carbonyl (C=O) groups is 2. The van der Waals surface area contributed by atoms with Crippen LogP contribution in [0.15, 0.2) is 12.4 Å². The van der Waals surface area contributed by atoms with Gasteiger partial charge in [-0.05, 0) is 12.8 Å². The van der Waals surface area contributed by atoms with Gasteiger partial charge in [0.25, 0.3) is 0 Å². The molecule has 1 heterocycles. The van der Waals surface area contributed by atoms with Crippen molar-refractivity contribution < 1.29 is 14.7 Å². The van der Waals surface area contributed by atoms with Crippen molar-refractivity contribution in [3.8, 4) is 0 Å². The van der Waals surface area contributed by atoms with E-state index in [1.54, 1.807) is 13.1 Å². The lowest BCUT2D eigenvalue weighted by molar-refractivity contribution is -0.141. The van der Waals surface area contributed by atoms with E-state index in [9.17, 15) is 9.59 Å². The summed E-state index contributed by atoms with van der Waals surface area (Å²) in [6.45, 7) is 2.48. The molecule has 19 heavy (non-hydrogen) atoms. The van der Waals surface area contributed by atoms with Crippen molar-refractivity contribution >= 4 is 12.0 Å². The highest BCUT2D eigenvalue weighted by molar-refractivity contribution is 5.73. The number of aryl methyl sites for hydroxylation is 1. The van der Waals surface area contributed by atoms with E-state index in [4.69, 9.17) is 5.11 Å². The summed E-state index contributed by atoms with van der Waals surface area (Å²) in [6.07, 6.45) is 4.67. The SMILES string of the molecule is CC(CCCNC(=O)NCc1nccn1C)C(=O)O. The number of nitrogens with zero attached hydrogens (tertiary/aromatic N) is 2. The quantitative estimate of drug-likeness (QED) is 0.635. The number of hydrogen-bond acceptors (Lipinski definition) is 3. The zero-order chi connectivity index (χ0) is 14.3. The number of aliphatic carboxylic acids is 1. The van der Waals surface area contributed by atoms with Crippen molar-refractivity contribution in [3.05, 3.63) is 18.2 Å². The standard InChI is InChI=1S/C12H20N4O3/c1-9(11(17)18)4-3-5-14-12(19)15-8-10-13-6-7-16(10)2/h6-7,9H,3-5,8H2,1-2H3,(H,17,18)(H2,14,15,19). The minimum atomic E-state index is -0.806. The summed E-state index contributed by atoms with van der Waals surface area (Å²) in [6, 6.07) is -0.272. The molecule has 0 aliphatic heterocycles. The highest BCUT2D eigenvalue weighted by atomic mass is 16.4. The molecule has 2 amide bonds. The third kappa shape index (κ3) is 5.41. The average Bonchev–Trinajstić information content (AvgIpc) is 2.77. The minimum absolute atomic E-state index is 0.272. The monoisotopic (exact) mass is 268 g/mol. The van der Waals surface area contributed by atoms with Crippen molar-refractivity contribution in [2.24, 2.45) is 13.0 Å². The van der Waals surface area contributed by atoms with Gasteiger partial charge in [-0.3, -0.25) is 4.79 Å². The van der Waals surface area contributed by atoms with Gasteiger partial charge in [-0.1, -0.05) is 6.92 Å². The minimum Gasteiger partial charge on any atom is -0.481 e. The predicted molar refractivity (Wildman–Crippen MR) is 69.5 cm³/mol. The van der Waals surface area contributed by atoms with Crippen LogP contribution in [0.3, 0.4) is 0 Å². The van der Waals surface area contributed by atoms with Crippen LogP contribution in [-0.4, -0.2) is 33.2 Å². The Morgan fingerprint density at radius 1 is 1.47 bits per heavy atom.